The van der Waals surface area contributed by atoms with E-state index >= 15 is 0 Å². The third-order valence-electron chi connectivity index (χ3n) is 4.46. The molecule has 174 valence electrons. The highest BCUT2D eigenvalue weighted by molar-refractivity contribution is 14.1. The quantitative estimate of drug-likeness (QED) is 0.208. The monoisotopic (exact) mass is 692 g/mol. The van der Waals surface area contributed by atoms with Gasteiger partial charge in [-0.25, -0.2) is 9.79 Å². The Bertz CT molecular complexity index is 1080. The highest BCUT2D eigenvalue weighted by Gasteiger charge is 2.32. The lowest BCUT2D eigenvalue weighted by atomic mass is 10.2. The van der Waals surface area contributed by atoms with E-state index in [0.717, 1.165) is 24.1 Å². The summed E-state index contributed by atoms with van der Waals surface area (Å²) in [5, 5.41) is 0.637. The summed E-state index contributed by atoms with van der Waals surface area (Å²) in [5.74, 6) is 0.878. The van der Waals surface area contributed by atoms with Crippen LogP contribution in [0.3, 0.4) is 0 Å². The van der Waals surface area contributed by atoms with Crippen LogP contribution in [-0.2, 0) is 14.3 Å². The van der Waals surface area contributed by atoms with Crippen LogP contribution in [0.5, 0.6) is 11.5 Å². The molecule has 0 saturated carbocycles. The topological polar surface area (TPSA) is 77.4 Å². The van der Waals surface area contributed by atoms with Gasteiger partial charge >= 0.3 is 5.97 Å². The molecule has 2 aromatic rings. The summed E-state index contributed by atoms with van der Waals surface area (Å²) in [6.07, 6.45) is 1.85. The molecule has 10 heteroatoms. The number of hydrogen-bond donors (Lipinski definition) is 0. The summed E-state index contributed by atoms with van der Waals surface area (Å²) in [5.41, 5.74) is 1.61. The van der Waals surface area contributed by atoms with Gasteiger partial charge in [0.25, 0.3) is 5.91 Å². The van der Waals surface area contributed by atoms with E-state index in [9.17, 15) is 9.59 Å². The summed E-state index contributed by atoms with van der Waals surface area (Å²) in [6, 6.07) is 11.2. The Morgan fingerprint density at radius 1 is 1.15 bits per heavy atom. The van der Waals surface area contributed by atoms with Gasteiger partial charge in [0.1, 0.15) is 11.5 Å². The number of thioether (sulfide) groups is 1. The maximum atomic E-state index is 13.0. The molecule has 1 fully saturated rings. The van der Waals surface area contributed by atoms with Crippen molar-refractivity contribution in [3.8, 4) is 11.5 Å². The van der Waals surface area contributed by atoms with Gasteiger partial charge in [-0.1, -0.05) is 0 Å². The summed E-state index contributed by atoms with van der Waals surface area (Å²) in [6.45, 7) is 4.36. The van der Waals surface area contributed by atoms with Crippen LogP contribution in [0.2, 0.25) is 0 Å². The molecule has 0 aromatic heterocycles. The first-order valence-electron chi connectivity index (χ1n) is 10.1. The zero-order chi connectivity index (χ0) is 24.0. The van der Waals surface area contributed by atoms with Gasteiger partial charge in [0.2, 0.25) is 0 Å². The van der Waals surface area contributed by atoms with Crippen LogP contribution in [-0.4, -0.2) is 48.8 Å². The summed E-state index contributed by atoms with van der Waals surface area (Å²) < 4.78 is 17.4. The second-order valence-corrected chi connectivity index (χ2v) is 9.99. The molecule has 1 heterocycles. The van der Waals surface area contributed by atoms with E-state index in [1.54, 1.807) is 18.9 Å². The summed E-state index contributed by atoms with van der Waals surface area (Å²) in [4.78, 5) is 31.5. The van der Waals surface area contributed by atoms with Gasteiger partial charge in [0.05, 0.1) is 31.4 Å². The smallest absolute Gasteiger partial charge is 0.344 e. The Labute approximate surface area is 224 Å². The van der Waals surface area contributed by atoms with E-state index in [4.69, 9.17) is 14.2 Å². The standard InChI is InChI=1S/C23H22I2N2O5S/c1-4-27-22(29)19(33-23(27)26-15-6-8-16(30-3)9-7-15)12-14-10-17(24)21(18(25)11-14)32-13-20(28)31-5-2/h6-12H,4-5,13H2,1-3H3/b19-12+,26-23?. The molecule has 1 aliphatic rings. The highest BCUT2D eigenvalue weighted by Crippen LogP contribution is 2.36. The molecule has 0 unspecified atom stereocenters. The summed E-state index contributed by atoms with van der Waals surface area (Å²) in [7, 11) is 1.61. The molecular weight excluding hydrogens is 670 g/mol. The number of likely N-dealkylation sites (N-methyl/N-ethyl adjacent to an activating group) is 1. The number of ether oxygens (including phenoxy) is 3. The molecule has 0 radical (unpaired) electrons. The lowest BCUT2D eigenvalue weighted by molar-refractivity contribution is -0.145. The zero-order valence-corrected chi connectivity index (χ0v) is 23.4. The van der Waals surface area contributed by atoms with Crippen LogP contribution in [0.25, 0.3) is 6.08 Å². The Hall–Kier alpha value is -1.80. The fraction of sp³-hybridized carbons (Fsp3) is 0.261. The zero-order valence-electron chi connectivity index (χ0n) is 18.3. The number of amides is 1. The Morgan fingerprint density at radius 2 is 1.82 bits per heavy atom. The maximum Gasteiger partial charge on any atom is 0.344 e. The first kappa shape index (κ1) is 25.8. The van der Waals surface area contributed by atoms with Gasteiger partial charge in [0, 0.05) is 6.54 Å². The summed E-state index contributed by atoms with van der Waals surface area (Å²) >= 11 is 5.67. The molecule has 0 bridgehead atoms. The molecule has 1 aliphatic heterocycles. The Balaban J connectivity index is 1.82. The van der Waals surface area contributed by atoms with Crippen molar-refractivity contribution in [2.24, 2.45) is 4.99 Å². The number of carbonyl (C=O) groups is 2. The van der Waals surface area contributed by atoms with Crippen LogP contribution < -0.4 is 9.47 Å². The van der Waals surface area contributed by atoms with Crippen molar-refractivity contribution in [1.82, 2.24) is 4.90 Å². The number of aliphatic imine (C=N–C) groups is 1. The van der Waals surface area contributed by atoms with E-state index < -0.39 is 5.97 Å². The average molecular weight is 692 g/mol. The van der Waals surface area contributed by atoms with Crippen molar-refractivity contribution in [3.63, 3.8) is 0 Å². The van der Waals surface area contributed by atoms with Crippen LogP contribution >= 0.6 is 56.9 Å². The molecule has 7 nitrogen and oxygen atoms in total. The fourth-order valence-corrected chi connectivity index (χ4v) is 6.11. The number of benzene rings is 2. The van der Waals surface area contributed by atoms with Gasteiger partial charge in [-0.3, -0.25) is 9.69 Å². The van der Waals surface area contributed by atoms with E-state index in [1.165, 1.54) is 11.8 Å². The van der Waals surface area contributed by atoms with E-state index in [0.29, 0.717) is 29.0 Å². The number of rotatable bonds is 8. The molecule has 33 heavy (non-hydrogen) atoms. The SMILES string of the molecule is CCOC(=O)COc1c(I)cc(/C=C2/SC(=Nc3ccc(OC)cc3)N(CC)C2=O)cc1I. The second-order valence-electron chi connectivity index (χ2n) is 6.66. The first-order chi connectivity index (χ1) is 15.9. The van der Waals surface area contributed by atoms with Crippen molar-refractivity contribution in [2.75, 3.05) is 26.9 Å². The van der Waals surface area contributed by atoms with Gasteiger partial charge in [0.15, 0.2) is 11.8 Å². The van der Waals surface area contributed by atoms with Crippen molar-refractivity contribution >= 4 is 85.8 Å². The Kier molecular flexibility index (Phi) is 9.44. The maximum absolute atomic E-state index is 13.0. The normalized spacial score (nSPS) is 15.9. The molecule has 2 aromatic carbocycles. The van der Waals surface area contributed by atoms with E-state index in [2.05, 4.69) is 50.2 Å². The van der Waals surface area contributed by atoms with E-state index in [1.807, 2.05) is 49.4 Å². The van der Waals surface area contributed by atoms with Crippen molar-refractivity contribution in [2.45, 2.75) is 13.8 Å². The average Bonchev–Trinajstić information content (AvgIpc) is 3.07. The molecule has 1 amide bonds. The number of carbonyl (C=O) groups excluding carboxylic acids is 2. The molecule has 0 aliphatic carbocycles. The molecule has 0 atom stereocenters. The number of halogens is 2. The molecular formula is C23H22I2N2O5S. The predicted molar refractivity (Wildman–Crippen MR) is 147 cm³/mol. The number of amidine groups is 1. The van der Waals surface area contributed by atoms with Gasteiger partial charge < -0.3 is 14.2 Å². The number of methoxy groups -OCH3 is 1. The van der Waals surface area contributed by atoms with E-state index in [-0.39, 0.29) is 12.5 Å². The molecule has 0 spiro atoms. The number of hydrogen-bond acceptors (Lipinski definition) is 7. The minimum absolute atomic E-state index is 0.0811. The largest absolute Gasteiger partial charge is 0.497 e. The van der Waals surface area contributed by atoms with Gasteiger partial charge in [-0.05, 0) is 119 Å². The second kappa shape index (κ2) is 12.1. The van der Waals surface area contributed by atoms with Crippen LogP contribution in [0.1, 0.15) is 19.4 Å². The van der Waals surface area contributed by atoms with Crippen LogP contribution in [0.15, 0.2) is 46.3 Å². The van der Waals surface area contributed by atoms with Gasteiger partial charge in [-0.2, -0.15) is 0 Å². The minimum Gasteiger partial charge on any atom is -0.497 e. The first-order valence-corrected chi connectivity index (χ1v) is 13.0. The Morgan fingerprint density at radius 3 is 2.39 bits per heavy atom. The molecule has 0 N–H and O–H groups in total. The van der Waals surface area contributed by atoms with Gasteiger partial charge in [-0.15, -0.1) is 0 Å². The predicted octanol–water partition coefficient (Wildman–Crippen LogP) is 5.47. The number of esters is 1. The van der Waals surface area contributed by atoms with Crippen molar-refractivity contribution in [3.05, 3.63) is 54.0 Å². The lowest BCUT2D eigenvalue weighted by Gasteiger charge is -2.12. The fourth-order valence-electron chi connectivity index (χ4n) is 2.92. The highest BCUT2D eigenvalue weighted by atomic mass is 127. The molecule has 1 saturated heterocycles. The van der Waals surface area contributed by atoms with Crippen molar-refractivity contribution < 1.29 is 23.8 Å². The van der Waals surface area contributed by atoms with Crippen LogP contribution in [0.4, 0.5) is 5.69 Å². The third kappa shape index (κ3) is 6.63. The third-order valence-corrected chi connectivity index (χ3v) is 7.07. The van der Waals surface area contributed by atoms with Crippen LogP contribution in [0, 0.1) is 7.14 Å². The minimum atomic E-state index is -0.411. The lowest BCUT2D eigenvalue weighted by Crippen LogP contribution is -2.28. The molecule has 3 rings (SSSR count). The van der Waals surface area contributed by atoms with Crippen molar-refractivity contribution in [1.29, 1.82) is 0 Å². The number of nitrogens with zero attached hydrogens (tertiary/aromatic N) is 2.